The second kappa shape index (κ2) is 4.18. The predicted molar refractivity (Wildman–Crippen MR) is 63.6 cm³/mol. The molecule has 1 N–H and O–H groups in total. The van der Waals surface area contributed by atoms with Crippen LogP contribution >= 0.6 is 0 Å². The first kappa shape index (κ1) is 13.2. The van der Waals surface area contributed by atoms with Gasteiger partial charge in [-0.25, -0.2) is 13.1 Å². The number of nitrogens with zero attached hydrogens (tertiary/aromatic N) is 2. The number of aryl methyl sites for hydroxylation is 1. The lowest BCUT2D eigenvalue weighted by molar-refractivity contribution is 0.548. The molecule has 0 bridgehead atoms. The highest BCUT2D eigenvalue weighted by Crippen LogP contribution is 2.25. The average Bonchev–Trinajstić information content (AvgIpc) is 2.45. The SMILES string of the molecule is CNS(=O)(=O)Cc1cn(C)nc1C(C)(C)C. The third kappa shape index (κ3) is 3.05. The third-order valence-corrected chi connectivity index (χ3v) is 3.58. The standard InChI is InChI=1S/C10H19N3O2S/c1-10(2,3)9-8(6-13(5)12-9)7-16(14,15)11-4/h6,11H,7H2,1-5H3. The maximum atomic E-state index is 11.5. The van der Waals surface area contributed by atoms with Gasteiger partial charge in [0.1, 0.15) is 0 Å². The van der Waals surface area contributed by atoms with E-state index in [9.17, 15) is 8.42 Å². The Kier molecular flexibility index (Phi) is 3.44. The molecule has 16 heavy (non-hydrogen) atoms. The summed E-state index contributed by atoms with van der Waals surface area (Å²) < 4.78 is 27.0. The van der Waals surface area contributed by atoms with Crippen molar-refractivity contribution in [2.24, 2.45) is 7.05 Å². The van der Waals surface area contributed by atoms with Crippen LogP contribution in [0.2, 0.25) is 0 Å². The Hall–Kier alpha value is -0.880. The van der Waals surface area contributed by atoms with Crippen molar-refractivity contribution in [2.75, 3.05) is 7.05 Å². The maximum Gasteiger partial charge on any atom is 0.215 e. The number of sulfonamides is 1. The molecule has 0 aromatic carbocycles. The minimum atomic E-state index is -3.25. The Morgan fingerprint density at radius 1 is 1.44 bits per heavy atom. The number of nitrogens with one attached hydrogen (secondary N) is 1. The topological polar surface area (TPSA) is 64.0 Å². The number of hydrogen-bond donors (Lipinski definition) is 1. The predicted octanol–water partition coefficient (Wildman–Crippen LogP) is 0.767. The van der Waals surface area contributed by atoms with Crippen molar-refractivity contribution in [3.63, 3.8) is 0 Å². The van der Waals surface area contributed by atoms with Crippen LogP contribution in [0.15, 0.2) is 6.20 Å². The van der Waals surface area contributed by atoms with Crippen LogP contribution in [0.3, 0.4) is 0 Å². The molecular weight excluding hydrogens is 226 g/mol. The lowest BCUT2D eigenvalue weighted by atomic mass is 9.90. The Morgan fingerprint density at radius 2 is 2.00 bits per heavy atom. The molecule has 0 aliphatic rings. The van der Waals surface area contributed by atoms with Crippen LogP contribution < -0.4 is 4.72 Å². The molecule has 1 rings (SSSR count). The van der Waals surface area contributed by atoms with Crippen LogP contribution in [-0.4, -0.2) is 25.2 Å². The second-order valence-corrected chi connectivity index (χ2v) is 6.82. The highest BCUT2D eigenvalue weighted by atomic mass is 32.2. The van der Waals surface area contributed by atoms with Gasteiger partial charge in [-0.3, -0.25) is 4.68 Å². The molecule has 92 valence electrons. The van der Waals surface area contributed by atoms with E-state index in [1.807, 2.05) is 20.8 Å². The number of rotatable bonds is 3. The number of aromatic nitrogens is 2. The van der Waals surface area contributed by atoms with Crippen molar-refractivity contribution in [3.05, 3.63) is 17.5 Å². The maximum absolute atomic E-state index is 11.5. The molecule has 0 radical (unpaired) electrons. The van der Waals surface area contributed by atoms with Gasteiger partial charge in [0.25, 0.3) is 0 Å². The van der Waals surface area contributed by atoms with Gasteiger partial charge in [0, 0.05) is 24.2 Å². The Balaban J connectivity index is 3.15. The van der Waals surface area contributed by atoms with Crippen molar-refractivity contribution in [2.45, 2.75) is 31.9 Å². The molecule has 0 atom stereocenters. The third-order valence-electron chi connectivity index (χ3n) is 2.27. The van der Waals surface area contributed by atoms with Crippen molar-refractivity contribution < 1.29 is 8.42 Å². The Labute approximate surface area is 96.9 Å². The zero-order valence-electron chi connectivity index (χ0n) is 10.4. The van der Waals surface area contributed by atoms with Gasteiger partial charge in [0.15, 0.2) is 0 Å². The average molecular weight is 245 g/mol. The molecule has 1 aromatic rings. The highest BCUT2D eigenvalue weighted by molar-refractivity contribution is 7.88. The lowest BCUT2D eigenvalue weighted by Crippen LogP contribution is -2.22. The first-order valence-corrected chi connectivity index (χ1v) is 6.75. The zero-order valence-corrected chi connectivity index (χ0v) is 11.2. The molecule has 0 aliphatic carbocycles. The van der Waals surface area contributed by atoms with E-state index < -0.39 is 10.0 Å². The summed E-state index contributed by atoms with van der Waals surface area (Å²) in [5.74, 6) is -0.0239. The van der Waals surface area contributed by atoms with Gasteiger partial charge in [0.2, 0.25) is 10.0 Å². The van der Waals surface area contributed by atoms with Gasteiger partial charge in [0.05, 0.1) is 11.4 Å². The summed E-state index contributed by atoms with van der Waals surface area (Å²) in [6.07, 6.45) is 1.76. The number of hydrogen-bond acceptors (Lipinski definition) is 3. The van der Waals surface area contributed by atoms with Gasteiger partial charge in [-0.05, 0) is 7.05 Å². The molecule has 0 saturated carbocycles. The highest BCUT2D eigenvalue weighted by Gasteiger charge is 2.24. The van der Waals surface area contributed by atoms with E-state index in [2.05, 4.69) is 9.82 Å². The van der Waals surface area contributed by atoms with E-state index >= 15 is 0 Å². The fourth-order valence-electron chi connectivity index (χ4n) is 1.55. The summed E-state index contributed by atoms with van der Waals surface area (Å²) in [6.45, 7) is 6.06. The van der Waals surface area contributed by atoms with Crippen LogP contribution in [0.5, 0.6) is 0 Å². The Bertz CT molecular complexity index is 469. The van der Waals surface area contributed by atoms with Crippen molar-refractivity contribution in [3.8, 4) is 0 Å². The molecule has 0 saturated heterocycles. The summed E-state index contributed by atoms with van der Waals surface area (Å²) in [6, 6.07) is 0. The second-order valence-electron chi connectivity index (χ2n) is 4.89. The van der Waals surface area contributed by atoms with E-state index in [0.29, 0.717) is 0 Å². The molecule has 0 unspecified atom stereocenters. The van der Waals surface area contributed by atoms with E-state index in [1.54, 1.807) is 17.9 Å². The minimum Gasteiger partial charge on any atom is -0.275 e. The molecular formula is C10H19N3O2S. The van der Waals surface area contributed by atoms with Gasteiger partial charge < -0.3 is 0 Å². The molecule has 5 nitrogen and oxygen atoms in total. The molecule has 0 spiro atoms. The lowest BCUT2D eigenvalue weighted by Gasteiger charge is -2.17. The summed E-state index contributed by atoms with van der Waals surface area (Å²) in [7, 11) is -0.0299. The van der Waals surface area contributed by atoms with Crippen LogP contribution in [0.1, 0.15) is 32.0 Å². The molecule has 1 aromatic heterocycles. The fourth-order valence-corrected chi connectivity index (χ4v) is 2.32. The van der Waals surface area contributed by atoms with Crippen LogP contribution in [0.4, 0.5) is 0 Å². The zero-order chi connectivity index (χ0) is 12.6. The molecule has 6 heteroatoms. The first-order valence-electron chi connectivity index (χ1n) is 5.10. The fraction of sp³-hybridized carbons (Fsp3) is 0.700. The van der Waals surface area contributed by atoms with Crippen LogP contribution in [-0.2, 0) is 28.2 Å². The van der Waals surface area contributed by atoms with Gasteiger partial charge >= 0.3 is 0 Å². The molecule has 0 fully saturated rings. The first-order chi connectivity index (χ1) is 7.15. The van der Waals surface area contributed by atoms with E-state index in [1.165, 1.54) is 7.05 Å². The summed E-state index contributed by atoms with van der Waals surface area (Å²) in [4.78, 5) is 0. The van der Waals surface area contributed by atoms with Crippen LogP contribution in [0, 0.1) is 0 Å². The van der Waals surface area contributed by atoms with Gasteiger partial charge in [-0.15, -0.1) is 0 Å². The van der Waals surface area contributed by atoms with E-state index in [-0.39, 0.29) is 11.2 Å². The summed E-state index contributed by atoms with van der Waals surface area (Å²) in [5, 5.41) is 4.32. The summed E-state index contributed by atoms with van der Waals surface area (Å²) in [5.41, 5.74) is 1.43. The van der Waals surface area contributed by atoms with Gasteiger partial charge in [-0.2, -0.15) is 5.10 Å². The van der Waals surface area contributed by atoms with E-state index in [0.717, 1.165) is 11.3 Å². The van der Waals surface area contributed by atoms with E-state index in [4.69, 9.17) is 0 Å². The van der Waals surface area contributed by atoms with Crippen molar-refractivity contribution >= 4 is 10.0 Å². The molecule has 1 heterocycles. The van der Waals surface area contributed by atoms with Gasteiger partial charge in [-0.1, -0.05) is 20.8 Å². The summed E-state index contributed by atoms with van der Waals surface area (Å²) >= 11 is 0. The monoisotopic (exact) mass is 245 g/mol. The van der Waals surface area contributed by atoms with Crippen molar-refractivity contribution in [1.29, 1.82) is 0 Å². The largest absolute Gasteiger partial charge is 0.275 e. The Morgan fingerprint density at radius 3 is 2.44 bits per heavy atom. The molecule has 0 aliphatic heterocycles. The quantitative estimate of drug-likeness (QED) is 0.855. The smallest absolute Gasteiger partial charge is 0.215 e. The normalized spacial score (nSPS) is 13.1. The van der Waals surface area contributed by atoms with Crippen LogP contribution in [0.25, 0.3) is 0 Å². The van der Waals surface area contributed by atoms with Crippen molar-refractivity contribution in [1.82, 2.24) is 14.5 Å². The minimum absolute atomic E-state index is 0.0239. The molecule has 0 amide bonds.